The number of likely N-dealkylation sites (tertiary alicyclic amines) is 1. The summed E-state index contributed by atoms with van der Waals surface area (Å²) >= 11 is 1.41. The number of halogens is 4. The molecule has 0 saturated carbocycles. The molecule has 1 N–H and O–H groups in total. The molecule has 1 fully saturated rings. The predicted octanol–water partition coefficient (Wildman–Crippen LogP) is 3.56. The zero-order valence-electron chi connectivity index (χ0n) is 13.4. The van der Waals surface area contributed by atoms with Crippen LogP contribution in [0, 0.1) is 11.7 Å². The second kappa shape index (κ2) is 7.65. The van der Waals surface area contributed by atoms with E-state index in [4.69, 9.17) is 0 Å². The Bertz CT molecular complexity index is 686. The standard InChI is InChI=1S/C16H18F4N4S/c17-13-3-1-11(2-4-13)7-14-22-23-15(25-14)21-8-12-5-6-24(9-12)10-16(18,19)20/h1-4,12H,5-10H2,(H,21,23). The van der Waals surface area contributed by atoms with E-state index in [1.807, 2.05) is 0 Å². The molecule has 3 rings (SSSR count). The molecular weight excluding hydrogens is 356 g/mol. The highest BCUT2D eigenvalue weighted by Gasteiger charge is 2.34. The number of anilines is 1. The van der Waals surface area contributed by atoms with Crippen molar-refractivity contribution in [1.29, 1.82) is 0 Å². The number of nitrogens with one attached hydrogen (secondary N) is 1. The highest BCUT2D eigenvalue weighted by Crippen LogP contribution is 2.24. The monoisotopic (exact) mass is 374 g/mol. The van der Waals surface area contributed by atoms with Gasteiger partial charge in [-0.3, -0.25) is 4.90 Å². The Labute approximate surface area is 146 Å². The third-order valence-electron chi connectivity index (χ3n) is 4.05. The van der Waals surface area contributed by atoms with Gasteiger partial charge in [-0.15, -0.1) is 10.2 Å². The summed E-state index contributed by atoms with van der Waals surface area (Å²) in [5.41, 5.74) is 0.947. The Kier molecular flexibility index (Phi) is 5.53. The van der Waals surface area contributed by atoms with Crippen molar-refractivity contribution in [2.45, 2.75) is 19.0 Å². The number of aromatic nitrogens is 2. The van der Waals surface area contributed by atoms with Gasteiger partial charge in [0.25, 0.3) is 0 Å². The summed E-state index contributed by atoms with van der Waals surface area (Å²) in [6.07, 6.45) is -2.83. The van der Waals surface area contributed by atoms with Crippen LogP contribution in [0.2, 0.25) is 0 Å². The van der Waals surface area contributed by atoms with Crippen molar-refractivity contribution < 1.29 is 17.6 Å². The van der Waals surface area contributed by atoms with Gasteiger partial charge in [0.05, 0.1) is 6.54 Å². The number of hydrogen-bond acceptors (Lipinski definition) is 5. The maximum atomic E-state index is 12.9. The molecule has 1 atom stereocenters. The first-order chi connectivity index (χ1) is 11.9. The normalized spacial score (nSPS) is 18.6. The van der Waals surface area contributed by atoms with E-state index < -0.39 is 12.7 Å². The van der Waals surface area contributed by atoms with E-state index in [1.165, 1.54) is 28.4 Å². The molecule has 25 heavy (non-hydrogen) atoms. The summed E-state index contributed by atoms with van der Waals surface area (Å²) in [5, 5.41) is 12.8. The molecule has 1 saturated heterocycles. The molecule has 2 heterocycles. The van der Waals surface area contributed by atoms with E-state index in [1.54, 1.807) is 12.1 Å². The van der Waals surface area contributed by atoms with E-state index >= 15 is 0 Å². The van der Waals surface area contributed by atoms with E-state index in [-0.39, 0.29) is 11.7 Å². The van der Waals surface area contributed by atoms with Crippen LogP contribution in [0.5, 0.6) is 0 Å². The molecule has 4 nitrogen and oxygen atoms in total. The first-order valence-electron chi connectivity index (χ1n) is 7.97. The van der Waals surface area contributed by atoms with Gasteiger partial charge in [-0.1, -0.05) is 23.5 Å². The first-order valence-corrected chi connectivity index (χ1v) is 8.79. The van der Waals surface area contributed by atoms with Crippen LogP contribution < -0.4 is 5.32 Å². The second-order valence-electron chi connectivity index (χ2n) is 6.19. The fourth-order valence-electron chi connectivity index (χ4n) is 2.88. The van der Waals surface area contributed by atoms with E-state index in [2.05, 4.69) is 15.5 Å². The molecule has 0 bridgehead atoms. The summed E-state index contributed by atoms with van der Waals surface area (Å²) < 4.78 is 50.1. The Morgan fingerprint density at radius 1 is 1.20 bits per heavy atom. The van der Waals surface area contributed by atoms with Crippen molar-refractivity contribution in [1.82, 2.24) is 15.1 Å². The average Bonchev–Trinajstić information content (AvgIpc) is 3.15. The van der Waals surface area contributed by atoms with E-state index in [0.717, 1.165) is 17.0 Å². The first kappa shape index (κ1) is 18.1. The summed E-state index contributed by atoms with van der Waals surface area (Å²) in [4.78, 5) is 1.44. The number of rotatable bonds is 6. The van der Waals surface area contributed by atoms with Gasteiger partial charge in [-0.05, 0) is 36.6 Å². The number of alkyl halides is 3. The van der Waals surface area contributed by atoms with Crippen molar-refractivity contribution in [3.63, 3.8) is 0 Å². The zero-order valence-corrected chi connectivity index (χ0v) is 14.2. The largest absolute Gasteiger partial charge is 0.401 e. The van der Waals surface area contributed by atoms with Gasteiger partial charge >= 0.3 is 6.18 Å². The van der Waals surface area contributed by atoms with Crippen LogP contribution in [-0.2, 0) is 6.42 Å². The molecule has 1 aliphatic heterocycles. The fraction of sp³-hybridized carbons (Fsp3) is 0.500. The highest BCUT2D eigenvalue weighted by molar-refractivity contribution is 7.15. The molecular formula is C16H18F4N4S. The van der Waals surface area contributed by atoms with Gasteiger partial charge in [0.15, 0.2) is 0 Å². The van der Waals surface area contributed by atoms with Gasteiger partial charge in [-0.25, -0.2) is 4.39 Å². The number of benzene rings is 1. The molecule has 2 aromatic rings. The van der Waals surface area contributed by atoms with Crippen molar-refractivity contribution in [3.05, 3.63) is 40.7 Å². The van der Waals surface area contributed by atoms with Crippen LogP contribution in [0.4, 0.5) is 22.7 Å². The van der Waals surface area contributed by atoms with Crippen molar-refractivity contribution >= 4 is 16.5 Å². The van der Waals surface area contributed by atoms with E-state index in [0.29, 0.717) is 31.2 Å². The molecule has 0 radical (unpaired) electrons. The van der Waals surface area contributed by atoms with Crippen LogP contribution in [-0.4, -0.2) is 47.5 Å². The molecule has 1 unspecified atom stereocenters. The third kappa shape index (κ3) is 5.64. The van der Waals surface area contributed by atoms with Crippen LogP contribution in [0.1, 0.15) is 17.0 Å². The maximum absolute atomic E-state index is 12.9. The lowest BCUT2D eigenvalue weighted by molar-refractivity contribution is -0.143. The molecule has 9 heteroatoms. The Hall–Kier alpha value is -1.74. The van der Waals surface area contributed by atoms with Crippen LogP contribution >= 0.6 is 11.3 Å². The summed E-state index contributed by atoms with van der Waals surface area (Å²) in [6.45, 7) is 0.648. The Morgan fingerprint density at radius 3 is 2.68 bits per heavy atom. The molecule has 0 spiro atoms. The van der Waals surface area contributed by atoms with Gasteiger partial charge in [0.2, 0.25) is 5.13 Å². The SMILES string of the molecule is Fc1ccc(Cc2nnc(NCC3CCN(CC(F)(F)F)C3)s2)cc1. The third-order valence-corrected chi connectivity index (χ3v) is 4.93. The van der Waals surface area contributed by atoms with Crippen molar-refractivity contribution in [2.75, 3.05) is 31.5 Å². The van der Waals surface area contributed by atoms with Gasteiger partial charge in [0, 0.05) is 19.5 Å². The molecule has 1 aromatic carbocycles. The summed E-state index contributed by atoms with van der Waals surface area (Å²) in [6, 6.07) is 6.22. The van der Waals surface area contributed by atoms with E-state index in [9.17, 15) is 17.6 Å². The number of nitrogens with zero attached hydrogens (tertiary/aromatic N) is 3. The lowest BCUT2D eigenvalue weighted by Gasteiger charge is -2.17. The van der Waals surface area contributed by atoms with Crippen LogP contribution in [0.25, 0.3) is 0 Å². The minimum absolute atomic E-state index is 0.173. The van der Waals surface area contributed by atoms with Crippen LogP contribution in [0.15, 0.2) is 24.3 Å². The summed E-state index contributed by atoms with van der Waals surface area (Å²) in [5.74, 6) is -0.105. The lowest BCUT2D eigenvalue weighted by Crippen LogP contribution is -2.33. The van der Waals surface area contributed by atoms with Crippen molar-refractivity contribution in [3.8, 4) is 0 Å². The predicted molar refractivity (Wildman–Crippen MR) is 88.2 cm³/mol. The zero-order chi connectivity index (χ0) is 17.9. The number of hydrogen-bond donors (Lipinski definition) is 1. The Morgan fingerprint density at radius 2 is 1.96 bits per heavy atom. The fourth-order valence-corrected chi connectivity index (χ4v) is 3.66. The molecule has 1 aliphatic rings. The summed E-state index contributed by atoms with van der Waals surface area (Å²) in [7, 11) is 0. The smallest absolute Gasteiger partial charge is 0.360 e. The topological polar surface area (TPSA) is 41.1 Å². The highest BCUT2D eigenvalue weighted by atomic mass is 32.1. The van der Waals surface area contributed by atoms with Gasteiger partial charge in [0.1, 0.15) is 10.8 Å². The lowest BCUT2D eigenvalue weighted by atomic mass is 10.1. The second-order valence-corrected chi connectivity index (χ2v) is 7.25. The van der Waals surface area contributed by atoms with Gasteiger partial charge < -0.3 is 5.32 Å². The minimum Gasteiger partial charge on any atom is -0.360 e. The minimum atomic E-state index is -4.14. The average molecular weight is 374 g/mol. The molecule has 0 amide bonds. The quantitative estimate of drug-likeness (QED) is 0.785. The Balaban J connectivity index is 1.45. The van der Waals surface area contributed by atoms with Crippen molar-refractivity contribution in [2.24, 2.45) is 5.92 Å². The van der Waals surface area contributed by atoms with Gasteiger partial charge in [-0.2, -0.15) is 13.2 Å². The molecule has 136 valence electrons. The van der Waals surface area contributed by atoms with Crippen LogP contribution in [0.3, 0.4) is 0 Å². The molecule has 0 aliphatic carbocycles. The maximum Gasteiger partial charge on any atom is 0.401 e. The molecule has 1 aromatic heterocycles.